The van der Waals surface area contributed by atoms with Gasteiger partial charge in [-0.25, -0.2) is 0 Å². The Labute approximate surface area is 99.6 Å². The molecule has 4 heteroatoms. The summed E-state index contributed by atoms with van der Waals surface area (Å²) in [4.78, 5) is 22.8. The van der Waals surface area contributed by atoms with Crippen molar-refractivity contribution in [2.75, 3.05) is 0 Å². The van der Waals surface area contributed by atoms with Crippen LogP contribution in [0.1, 0.15) is 52.5 Å². The van der Waals surface area contributed by atoms with Crippen molar-refractivity contribution in [3.8, 4) is 5.75 Å². The Morgan fingerprint density at radius 3 is 2.65 bits per heavy atom. The number of hydrogen-bond donors (Lipinski definition) is 2. The molecule has 0 saturated heterocycles. The fourth-order valence-electron chi connectivity index (χ4n) is 2.05. The first-order valence-corrected chi connectivity index (χ1v) is 5.85. The summed E-state index contributed by atoms with van der Waals surface area (Å²) in [7, 11) is 0. The molecule has 17 heavy (non-hydrogen) atoms. The van der Waals surface area contributed by atoms with Crippen molar-refractivity contribution in [1.82, 2.24) is 5.32 Å². The summed E-state index contributed by atoms with van der Waals surface area (Å²) in [5.41, 5.74) is 1.14. The minimum Gasteiger partial charge on any atom is -0.507 e. The fraction of sp³-hybridized carbons (Fsp3) is 0.385. The highest BCUT2D eigenvalue weighted by molar-refractivity contribution is 6.22. The average Bonchev–Trinajstić information content (AvgIpc) is 2.58. The molecule has 0 bridgehead atoms. The quantitative estimate of drug-likeness (QED) is 0.617. The Morgan fingerprint density at radius 1 is 1.18 bits per heavy atom. The zero-order chi connectivity index (χ0) is 12.4. The molecule has 2 amide bonds. The predicted octanol–water partition coefficient (Wildman–Crippen LogP) is 2.01. The van der Waals surface area contributed by atoms with Crippen LogP contribution in [-0.4, -0.2) is 16.9 Å². The molecule has 0 aliphatic carbocycles. The van der Waals surface area contributed by atoms with Crippen molar-refractivity contribution in [1.29, 1.82) is 0 Å². The van der Waals surface area contributed by atoms with Crippen LogP contribution in [0.15, 0.2) is 12.1 Å². The van der Waals surface area contributed by atoms with E-state index in [1.54, 1.807) is 12.1 Å². The van der Waals surface area contributed by atoms with E-state index in [0.717, 1.165) is 31.2 Å². The number of phenolic OH excluding ortho intramolecular Hbond substituents is 1. The van der Waals surface area contributed by atoms with Crippen LogP contribution in [0.25, 0.3) is 0 Å². The minimum absolute atomic E-state index is 0.0399. The number of hydrogen-bond acceptors (Lipinski definition) is 3. The molecule has 0 saturated carbocycles. The van der Waals surface area contributed by atoms with Gasteiger partial charge in [-0.15, -0.1) is 0 Å². The summed E-state index contributed by atoms with van der Waals surface area (Å²) in [6, 6.07) is 3.33. The molecule has 1 aromatic carbocycles. The number of unbranched alkanes of at least 4 members (excludes halogenated alkanes) is 2. The van der Waals surface area contributed by atoms with Crippen LogP contribution >= 0.6 is 0 Å². The van der Waals surface area contributed by atoms with Crippen molar-refractivity contribution >= 4 is 11.8 Å². The average molecular weight is 233 g/mol. The molecule has 1 aromatic rings. The van der Waals surface area contributed by atoms with E-state index in [0.29, 0.717) is 0 Å². The topological polar surface area (TPSA) is 66.4 Å². The number of phenols is 1. The highest BCUT2D eigenvalue weighted by Gasteiger charge is 2.30. The van der Waals surface area contributed by atoms with Gasteiger partial charge < -0.3 is 5.11 Å². The summed E-state index contributed by atoms with van der Waals surface area (Å²) in [5, 5.41) is 12.2. The van der Waals surface area contributed by atoms with Gasteiger partial charge in [-0.1, -0.05) is 25.8 Å². The van der Waals surface area contributed by atoms with E-state index in [9.17, 15) is 14.7 Å². The number of imide groups is 1. The zero-order valence-corrected chi connectivity index (χ0v) is 9.75. The van der Waals surface area contributed by atoms with Crippen LogP contribution in [0.3, 0.4) is 0 Å². The van der Waals surface area contributed by atoms with Gasteiger partial charge in [0.05, 0.1) is 11.1 Å². The van der Waals surface area contributed by atoms with Gasteiger partial charge in [-0.05, 0) is 24.5 Å². The van der Waals surface area contributed by atoms with Crippen molar-refractivity contribution in [2.45, 2.75) is 32.6 Å². The lowest BCUT2D eigenvalue weighted by Gasteiger charge is -2.06. The van der Waals surface area contributed by atoms with Crippen LogP contribution in [0, 0.1) is 0 Å². The summed E-state index contributed by atoms with van der Waals surface area (Å²) >= 11 is 0. The zero-order valence-electron chi connectivity index (χ0n) is 9.75. The third-order valence-corrected chi connectivity index (χ3v) is 3.01. The highest BCUT2D eigenvalue weighted by Crippen LogP contribution is 2.30. The molecule has 0 unspecified atom stereocenters. The van der Waals surface area contributed by atoms with E-state index in [2.05, 4.69) is 12.2 Å². The molecule has 0 fully saturated rings. The standard InChI is InChI=1S/C13H15NO3/c1-2-3-4-5-8-6-7-9-10(11(8)15)13(17)14-12(9)16/h6-7,15H,2-5H2,1H3,(H,14,16,17). The Bertz CT molecular complexity index is 480. The third-order valence-electron chi connectivity index (χ3n) is 3.01. The summed E-state index contributed by atoms with van der Waals surface area (Å²) < 4.78 is 0. The summed E-state index contributed by atoms with van der Waals surface area (Å²) in [6.07, 6.45) is 3.89. The van der Waals surface area contributed by atoms with Crippen LogP contribution in [0.4, 0.5) is 0 Å². The van der Waals surface area contributed by atoms with Crippen LogP contribution < -0.4 is 5.32 Å². The van der Waals surface area contributed by atoms with Gasteiger partial charge in [0, 0.05) is 0 Å². The molecule has 4 nitrogen and oxygen atoms in total. The molecular weight excluding hydrogens is 218 g/mol. The minimum atomic E-state index is -0.500. The number of benzene rings is 1. The number of amides is 2. The predicted molar refractivity (Wildman–Crippen MR) is 63.1 cm³/mol. The van der Waals surface area contributed by atoms with E-state index in [1.165, 1.54) is 0 Å². The van der Waals surface area contributed by atoms with Gasteiger partial charge in [0.25, 0.3) is 11.8 Å². The van der Waals surface area contributed by atoms with Crippen molar-refractivity contribution in [2.24, 2.45) is 0 Å². The fourth-order valence-corrected chi connectivity index (χ4v) is 2.05. The van der Waals surface area contributed by atoms with Crippen molar-refractivity contribution < 1.29 is 14.7 Å². The smallest absolute Gasteiger partial charge is 0.262 e. The van der Waals surface area contributed by atoms with Gasteiger partial charge in [-0.3, -0.25) is 14.9 Å². The van der Waals surface area contributed by atoms with Crippen molar-refractivity contribution in [3.05, 3.63) is 28.8 Å². The maximum Gasteiger partial charge on any atom is 0.262 e. The largest absolute Gasteiger partial charge is 0.507 e. The van der Waals surface area contributed by atoms with Gasteiger partial charge in [0.15, 0.2) is 0 Å². The van der Waals surface area contributed by atoms with Gasteiger partial charge in [0.2, 0.25) is 0 Å². The number of aryl methyl sites for hydroxylation is 1. The Morgan fingerprint density at radius 2 is 1.94 bits per heavy atom. The Balaban J connectivity index is 2.30. The molecular formula is C13H15NO3. The maximum absolute atomic E-state index is 11.5. The monoisotopic (exact) mass is 233 g/mol. The molecule has 2 N–H and O–H groups in total. The number of carbonyl (C=O) groups is 2. The molecule has 1 aliphatic rings. The number of carbonyl (C=O) groups excluding carboxylic acids is 2. The molecule has 0 aromatic heterocycles. The van der Waals surface area contributed by atoms with E-state index in [-0.39, 0.29) is 16.9 Å². The molecule has 0 spiro atoms. The molecule has 1 heterocycles. The highest BCUT2D eigenvalue weighted by atomic mass is 16.3. The first-order chi connectivity index (χ1) is 8.15. The Hall–Kier alpha value is -1.84. The van der Waals surface area contributed by atoms with Crippen LogP contribution in [0.2, 0.25) is 0 Å². The number of rotatable bonds is 4. The second kappa shape index (κ2) is 4.57. The van der Waals surface area contributed by atoms with Gasteiger partial charge in [-0.2, -0.15) is 0 Å². The number of aromatic hydroxyl groups is 1. The first kappa shape index (κ1) is 11.6. The maximum atomic E-state index is 11.5. The lowest BCUT2D eigenvalue weighted by atomic mass is 10.00. The molecule has 1 aliphatic heterocycles. The number of fused-ring (bicyclic) bond motifs is 1. The third kappa shape index (κ3) is 2.02. The second-order valence-electron chi connectivity index (χ2n) is 4.24. The van der Waals surface area contributed by atoms with Crippen molar-refractivity contribution in [3.63, 3.8) is 0 Å². The lowest BCUT2D eigenvalue weighted by Crippen LogP contribution is -2.19. The normalized spacial score (nSPS) is 13.7. The number of nitrogens with one attached hydrogen (secondary N) is 1. The van der Waals surface area contributed by atoms with Crippen LogP contribution in [-0.2, 0) is 6.42 Å². The summed E-state index contributed by atoms with van der Waals surface area (Å²) in [5.74, 6) is -0.970. The van der Waals surface area contributed by atoms with Gasteiger partial charge >= 0.3 is 0 Å². The molecule has 90 valence electrons. The molecule has 0 radical (unpaired) electrons. The SMILES string of the molecule is CCCCCc1ccc2c(c1O)C(=O)NC2=O. The Kier molecular flexibility index (Phi) is 3.13. The van der Waals surface area contributed by atoms with E-state index in [1.807, 2.05) is 0 Å². The lowest BCUT2D eigenvalue weighted by molar-refractivity contribution is 0.0879. The van der Waals surface area contributed by atoms with E-state index >= 15 is 0 Å². The second-order valence-corrected chi connectivity index (χ2v) is 4.24. The summed E-state index contributed by atoms with van der Waals surface area (Å²) in [6.45, 7) is 2.11. The first-order valence-electron chi connectivity index (χ1n) is 5.85. The molecule has 0 atom stereocenters. The van der Waals surface area contributed by atoms with Gasteiger partial charge in [0.1, 0.15) is 5.75 Å². The van der Waals surface area contributed by atoms with E-state index in [4.69, 9.17) is 0 Å². The van der Waals surface area contributed by atoms with Crippen LogP contribution in [0.5, 0.6) is 5.75 Å². The van der Waals surface area contributed by atoms with E-state index < -0.39 is 11.8 Å². The molecule has 2 rings (SSSR count).